The number of allylic oxidation sites excluding steroid dienone is 1. The number of carbonyl (C=O) groups is 1. The van der Waals surface area contributed by atoms with E-state index in [2.05, 4.69) is 5.16 Å². The molecule has 2 unspecified atom stereocenters. The first kappa shape index (κ1) is 27.7. The fourth-order valence-corrected chi connectivity index (χ4v) is 7.40. The smallest absolute Gasteiger partial charge is 0.425 e. The van der Waals surface area contributed by atoms with E-state index < -0.39 is 31.2 Å². The highest BCUT2D eigenvalue weighted by molar-refractivity contribution is 7.90. The van der Waals surface area contributed by atoms with Crippen LogP contribution in [0.4, 0.5) is 10.5 Å². The summed E-state index contributed by atoms with van der Waals surface area (Å²) in [6.45, 7) is 3.25. The molecule has 0 spiro atoms. The highest BCUT2D eigenvalue weighted by Crippen LogP contribution is 2.46. The van der Waals surface area contributed by atoms with Crippen LogP contribution in [0.2, 0.25) is 0 Å². The van der Waals surface area contributed by atoms with E-state index in [1.54, 1.807) is 80.1 Å². The lowest BCUT2D eigenvalue weighted by Crippen LogP contribution is -2.30. The fraction of sp³-hybridized carbons (Fsp3) is 0.200. The molecule has 0 fully saturated rings. The Morgan fingerprint density at radius 1 is 1.19 bits per heavy atom. The Hall–Kier alpha value is -2.88. The monoisotopic (exact) mass is 546 g/mol. The number of anilines is 1. The number of oxime groups is 1. The first-order valence-electron chi connectivity index (χ1n) is 10.8. The van der Waals surface area contributed by atoms with E-state index in [0.29, 0.717) is 20.5 Å². The summed E-state index contributed by atoms with van der Waals surface area (Å²) in [5, 5.41) is 6.02. The zero-order valence-corrected chi connectivity index (χ0v) is 22.8. The fourth-order valence-electron chi connectivity index (χ4n) is 3.14. The van der Waals surface area contributed by atoms with Crippen molar-refractivity contribution in [3.8, 4) is 0 Å². The molecule has 3 aromatic rings. The summed E-state index contributed by atoms with van der Waals surface area (Å²) in [6, 6.07) is 17.4. The van der Waals surface area contributed by atoms with Crippen molar-refractivity contribution in [1.29, 1.82) is 0 Å². The molecule has 0 N–H and O–H groups in total. The van der Waals surface area contributed by atoms with Crippen LogP contribution in [0, 0.1) is 6.92 Å². The van der Waals surface area contributed by atoms with Crippen molar-refractivity contribution in [3.05, 3.63) is 83.9 Å². The van der Waals surface area contributed by atoms with Gasteiger partial charge in [0.15, 0.2) is 4.90 Å². The Morgan fingerprint density at radius 3 is 2.56 bits per heavy atom. The lowest BCUT2D eigenvalue weighted by molar-refractivity contribution is 0.177. The van der Waals surface area contributed by atoms with Gasteiger partial charge in [-0.3, -0.25) is 9.46 Å². The number of benzene rings is 2. The van der Waals surface area contributed by atoms with E-state index in [9.17, 15) is 13.9 Å². The minimum atomic E-state index is -3.66. The number of hydrogen-bond donors (Lipinski definition) is 0. The maximum absolute atomic E-state index is 14.3. The van der Waals surface area contributed by atoms with Crippen LogP contribution in [0.1, 0.15) is 12.5 Å². The van der Waals surface area contributed by atoms with Crippen molar-refractivity contribution in [2.75, 3.05) is 24.9 Å². The van der Waals surface area contributed by atoms with Crippen LogP contribution in [-0.2, 0) is 29.8 Å². The molecule has 8 nitrogen and oxygen atoms in total. The zero-order valence-electron chi connectivity index (χ0n) is 20.3. The summed E-state index contributed by atoms with van der Waals surface area (Å²) < 4.78 is 38.3. The molecule has 11 heteroatoms. The van der Waals surface area contributed by atoms with Gasteiger partial charge in [-0.1, -0.05) is 30.3 Å². The van der Waals surface area contributed by atoms with Crippen molar-refractivity contribution in [1.82, 2.24) is 0 Å². The zero-order chi connectivity index (χ0) is 26.1. The van der Waals surface area contributed by atoms with Crippen LogP contribution in [0.15, 0.2) is 88.4 Å². The molecule has 2 aromatic carbocycles. The molecule has 1 aromatic heterocycles. The van der Waals surface area contributed by atoms with Gasteiger partial charge in [0.1, 0.15) is 20.0 Å². The number of para-hydroxylation sites is 1. The van der Waals surface area contributed by atoms with E-state index in [1.165, 1.54) is 23.3 Å². The van der Waals surface area contributed by atoms with Crippen molar-refractivity contribution in [2.45, 2.75) is 18.7 Å². The maximum Gasteiger partial charge on any atom is 0.425 e. The standard InChI is InChI=1S/C25H27N2O6PS2/c1-5-14-27(20-10-7-6-8-11-20)25(28)33-23(26-31-3)17-32-34(29,24-15-19(2)18-35-24)21-12-9-13-22(16-21)36(4)30/h5-16,18H,17H2,1-4H3. The number of ether oxygens (including phenoxy) is 1. The number of aryl methyl sites for hydroxylation is 1. The quantitative estimate of drug-likeness (QED) is 0.121. The molecule has 0 saturated carbocycles. The van der Waals surface area contributed by atoms with Gasteiger partial charge in [0.05, 0.1) is 10.3 Å². The van der Waals surface area contributed by atoms with Crippen LogP contribution in [0.5, 0.6) is 0 Å². The summed E-state index contributed by atoms with van der Waals surface area (Å²) >= 11 is 0.0203. The van der Waals surface area contributed by atoms with E-state index in [4.69, 9.17) is 14.1 Å². The Morgan fingerprint density at radius 2 is 1.94 bits per heavy atom. The van der Waals surface area contributed by atoms with Crippen LogP contribution in [-0.4, -0.2) is 36.5 Å². The van der Waals surface area contributed by atoms with Crippen LogP contribution in [0.3, 0.4) is 0 Å². The third-order valence-electron chi connectivity index (χ3n) is 4.79. The van der Waals surface area contributed by atoms with Gasteiger partial charge < -0.3 is 18.7 Å². The van der Waals surface area contributed by atoms with E-state index in [0.717, 1.165) is 5.56 Å². The molecule has 0 aliphatic heterocycles. The minimum Gasteiger partial charge on any atom is -0.612 e. The topological polar surface area (TPSA) is 100 Å². The number of nitrogens with zero attached hydrogens (tertiary/aromatic N) is 2. The molecular weight excluding hydrogens is 519 g/mol. The molecule has 190 valence electrons. The van der Waals surface area contributed by atoms with Gasteiger partial charge in [-0.15, -0.1) is 11.3 Å². The number of hydrogen-bond acceptors (Lipinski definition) is 8. The first-order chi connectivity index (χ1) is 17.3. The van der Waals surface area contributed by atoms with Crippen molar-refractivity contribution < 1.29 is 28.0 Å². The van der Waals surface area contributed by atoms with Gasteiger partial charge >= 0.3 is 6.09 Å². The van der Waals surface area contributed by atoms with Crippen LogP contribution in [0.25, 0.3) is 0 Å². The van der Waals surface area contributed by atoms with Crippen molar-refractivity contribution >= 4 is 57.5 Å². The molecule has 1 heterocycles. The second-order valence-electron chi connectivity index (χ2n) is 7.46. The van der Waals surface area contributed by atoms with E-state index in [1.807, 2.05) is 18.4 Å². The number of rotatable bonds is 9. The molecule has 2 atom stereocenters. The summed E-state index contributed by atoms with van der Waals surface area (Å²) in [6.07, 6.45) is 4.05. The molecule has 3 rings (SSSR count). The van der Waals surface area contributed by atoms with Gasteiger partial charge in [-0.05, 0) is 71.5 Å². The van der Waals surface area contributed by atoms with Gasteiger partial charge in [0, 0.05) is 17.6 Å². The lowest BCUT2D eigenvalue weighted by atomic mass is 10.3. The van der Waals surface area contributed by atoms with E-state index >= 15 is 0 Å². The maximum atomic E-state index is 14.3. The predicted molar refractivity (Wildman–Crippen MR) is 145 cm³/mol. The van der Waals surface area contributed by atoms with Gasteiger partial charge in [-0.2, -0.15) is 0 Å². The number of amides is 1. The van der Waals surface area contributed by atoms with E-state index in [-0.39, 0.29) is 5.90 Å². The van der Waals surface area contributed by atoms with Gasteiger partial charge in [-0.25, -0.2) is 4.79 Å². The molecule has 0 saturated heterocycles. The summed E-state index contributed by atoms with van der Waals surface area (Å²) in [4.78, 5) is 19.6. The average molecular weight is 547 g/mol. The first-order valence-corrected chi connectivity index (χ1v) is 14.9. The second-order valence-corrected chi connectivity index (χ2v) is 12.4. The molecular formula is C25H27N2O6PS2. The van der Waals surface area contributed by atoms with Gasteiger partial charge in [0.2, 0.25) is 0 Å². The number of thiophene rings is 1. The average Bonchev–Trinajstić information content (AvgIpc) is 3.33. The summed E-state index contributed by atoms with van der Waals surface area (Å²) in [5.74, 6) is -0.211. The third kappa shape index (κ3) is 6.87. The predicted octanol–water partition coefficient (Wildman–Crippen LogP) is 5.18. The normalized spacial score (nSPS) is 14.3. The van der Waals surface area contributed by atoms with Crippen LogP contribution < -0.4 is 14.8 Å². The molecule has 1 amide bonds. The molecule has 0 aliphatic carbocycles. The van der Waals surface area contributed by atoms with Crippen LogP contribution >= 0.6 is 18.7 Å². The van der Waals surface area contributed by atoms with Gasteiger partial charge in [0.25, 0.3) is 13.3 Å². The molecule has 0 radical (unpaired) electrons. The van der Waals surface area contributed by atoms with Crippen molar-refractivity contribution in [3.63, 3.8) is 0 Å². The largest absolute Gasteiger partial charge is 0.612 e. The Balaban J connectivity index is 1.89. The highest BCUT2D eigenvalue weighted by atomic mass is 32.2. The second kappa shape index (κ2) is 12.9. The summed E-state index contributed by atoms with van der Waals surface area (Å²) in [5.41, 5.74) is 1.51. The Kier molecular flexibility index (Phi) is 9.92. The summed E-state index contributed by atoms with van der Waals surface area (Å²) in [7, 11) is -2.35. The highest BCUT2D eigenvalue weighted by Gasteiger charge is 2.33. The SMILES string of the molecule is CC=CN(C(=O)OC(COP(=O)(c1cccc([S+](C)[O-])c1)c1cc(C)cs1)=NOC)c1ccccc1. The molecule has 0 aliphatic rings. The third-order valence-corrected chi connectivity index (χ3v) is 9.76. The minimum absolute atomic E-state index is 0.211. The molecule has 36 heavy (non-hydrogen) atoms. The number of carbonyl (C=O) groups excluding carboxylic acids is 1. The van der Waals surface area contributed by atoms with Crippen molar-refractivity contribution in [2.24, 2.45) is 5.16 Å². The molecule has 0 bridgehead atoms. The Labute approximate surface area is 217 Å². The lowest BCUT2D eigenvalue weighted by Gasteiger charge is -2.20. The Bertz CT molecular complexity index is 1280.